The van der Waals surface area contributed by atoms with E-state index in [2.05, 4.69) is 23.5 Å². The second-order valence-electron chi connectivity index (χ2n) is 3.48. The molecular weight excluding hydrogens is 186 g/mol. The Morgan fingerprint density at radius 3 is 3.00 bits per heavy atom. The highest BCUT2D eigenvalue weighted by molar-refractivity contribution is 5.79. The lowest BCUT2D eigenvalue weighted by Crippen LogP contribution is -2.05. The lowest BCUT2D eigenvalue weighted by molar-refractivity contribution is 0.604. The molecule has 0 saturated heterocycles. The highest BCUT2D eigenvalue weighted by atomic mass is 16.3. The van der Waals surface area contributed by atoms with Gasteiger partial charge in [0, 0.05) is 5.39 Å². The maximum atomic E-state index is 5.64. The van der Waals surface area contributed by atoms with Gasteiger partial charge in [0.05, 0.1) is 0 Å². The second-order valence-corrected chi connectivity index (χ2v) is 3.48. The van der Waals surface area contributed by atoms with E-state index < -0.39 is 0 Å². The van der Waals surface area contributed by atoms with Crippen molar-refractivity contribution in [1.82, 2.24) is 5.32 Å². The molecule has 0 radical (unpaired) electrons. The lowest BCUT2D eigenvalue weighted by Gasteiger charge is -1.89. The molecule has 15 heavy (non-hydrogen) atoms. The van der Waals surface area contributed by atoms with Crippen LogP contribution in [0.4, 0.5) is 0 Å². The number of nitrogens with one attached hydrogen (secondary N) is 1. The molecule has 2 aromatic rings. The summed E-state index contributed by atoms with van der Waals surface area (Å²) in [4.78, 5) is 0. The van der Waals surface area contributed by atoms with Crippen LogP contribution in [0, 0.1) is 0 Å². The third kappa shape index (κ3) is 2.48. The fourth-order valence-electron chi connectivity index (χ4n) is 1.51. The van der Waals surface area contributed by atoms with E-state index in [0.29, 0.717) is 0 Å². The molecule has 2 rings (SSSR count). The van der Waals surface area contributed by atoms with Crippen molar-refractivity contribution < 1.29 is 4.42 Å². The van der Waals surface area contributed by atoms with Gasteiger partial charge in [-0.05, 0) is 38.2 Å². The Kier molecular flexibility index (Phi) is 3.20. The molecule has 1 N–H and O–H groups in total. The molecule has 0 aliphatic rings. The first-order valence-electron chi connectivity index (χ1n) is 5.20. The van der Waals surface area contributed by atoms with Crippen LogP contribution in [0.5, 0.6) is 0 Å². The SMILES string of the molecule is CNCC/C=C/c1cc2ccccc2o1. The quantitative estimate of drug-likeness (QED) is 0.769. The first-order valence-corrected chi connectivity index (χ1v) is 5.20. The summed E-state index contributed by atoms with van der Waals surface area (Å²) < 4.78 is 5.64. The summed E-state index contributed by atoms with van der Waals surface area (Å²) in [6.45, 7) is 0.997. The first kappa shape index (κ1) is 9.99. The van der Waals surface area contributed by atoms with E-state index in [1.54, 1.807) is 0 Å². The Labute approximate surface area is 89.6 Å². The number of fused-ring (bicyclic) bond motifs is 1. The molecule has 0 fully saturated rings. The van der Waals surface area contributed by atoms with E-state index in [1.807, 2.05) is 31.3 Å². The van der Waals surface area contributed by atoms with Crippen LogP contribution in [-0.2, 0) is 0 Å². The van der Waals surface area contributed by atoms with Gasteiger partial charge >= 0.3 is 0 Å². The van der Waals surface area contributed by atoms with Crippen LogP contribution in [0.15, 0.2) is 40.8 Å². The first-order chi connectivity index (χ1) is 7.40. The molecule has 0 saturated carbocycles. The van der Waals surface area contributed by atoms with E-state index in [-0.39, 0.29) is 0 Å². The molecule has 0 unspecified atom stereocenters. The third-order valence-electron chi connectivity index (χ3n) is 2.29. The van der Waals surface area contributed by atoms with Crippen molar-refractivity contribution in [2.45, 2.75) is 6.42 Å². The number of benzene rings is 1. The van der Waals surface area contributed by atoms with Crippen LogP contribution in [0.2, 0.25) is 0 Å². The van der Waals surface area contributed by atoms with Gasteiger partial charge in [0.25, 0.3) is 0 Å². The van der Waals surface area contributed by atoms with Gasteiger partial charge in [-0.25, -0.2) is 0 Å². The monoisotopic (exact) mass is 201 g/mol. The summed E-state index contributed by atoms with van der Waals surface area (Å²) >= 11 is 0. The van der Waals surface area contributed by atoms with Crippen molar-refractivity contribution >= 4 is 17.0 Å². The fourth-order valence-corrected chi connectivity index (χ4v) is 1.51. The maximum Gasteiger partial charge on any atom is 0.134 e. The van der Waals surface area contributed by atoms with Crippen LogP contribution in [0.1, 0.15) is 12.2 Å². The summed E-state index contributed by atoms with van der Waals surface area (Å²) in [5.41, 5.74) is 0.950. The zero-order chi connectivity index (χ0) is 10.5. The van der Waals surface area contributed by atoms with Crippen molar-refractivity contribution in [3.63, 3.8) is 0 Å². The zero-order valence-electron chi connectivity index (χ0n) is 8.86. The minimum atomic E-state index is 0.923. The van der Waals surface area contributed by atoms with Crippen LogP contribution >= 0.6 is 0 Å². The van der Waals surface area contributed by atoms with Gasteiger partial charge in [-0.15, -0.1) is 0 Å². The standard InChI is InChI=1S/C13H15NO/c1-14-9-5-4-7-12-10-11-6-2-3-8-13(11)15-12/h2-4,6-8,10,14H,5,9H2,1H3/b7-4+. The van der Waals surface area contributed by atoms with Gasteiger partial charge in [-0.2, -0.15) is 0 Å². The van der Waals surface area contributed by atoms with Crippen LogP contribution in [0.25, 0.3) is 17.0 Å². The van der Waals surface area contributed by atoms with Crippen molar-refractivity contribution in [3.05, 3.63) is 42.2 Å². The van der Waals surface area contributed by atoms with Crippen LogP contribution in [-0.4, -0.2) is 13.6 Å². The van der Waals surface area contributed by atoms with Gasteiger partial charge in [-0.1, -0.05) is 24.3 Å². The summed E-state index contributed by atoms with van der Waals surface area (Å²) in [7, 11) is 1.95. The molecule has 2 heteroatoms. The summed E-state index contributed by atoms with van der Waals surface area (Å²) in [6, 6.07) is 10.1. The van der Waals surface area contributed by atoms with Crippen molar-refractivity contribution in [2.24, 2.45) is 0 Å². The highest BCUT2D eigenvalue weighted by Gasteiger charge is 1.98. The molecule has 1 aromatic heterocycles. The van der Waals surface area contributed by atoms with E-state index in [0.717, 1.165) is 29.7 Å². The number of hydrogen-bond acceptors (Lipinski definition) is 2. The van der Waals surface area contributed by atoms with E-state index in [4.69, 9.17) is 4.42 Å². The normalized spacial score (nSPS) is 11.5. The van der Waals surface area contributed by atoms with Crippen LogP contribution < -0.4 is 5.32 Å². The van der Waals surface area contributed by atoms with Gasteiger partial charge in [0.2, 0.25) is 0 Å². The predicted molar refractivity (Wildman–Crippen MR) is 63.8 cm³/mol. The Morgan fingerprint density at radius 2 is 2.20 bits per heavy atom. The zero-order valence-corrected chi connectivity index (χ0v) is 8.86. The fraction of sp³-hybridized carbons (Fsp3) is 0.231. The Bertz CT molecular complexity index is 423. The highest BCUT2D eigenvalue weighted by Crippen LogP contribution is 2.19. The number of para-hydroxylation sites is 1. The topological polar surface area (TPSA) is 25.2 Å². The number of rotatable bonds is 4. The molecule has 0 aliphatic carbocycles. The summed E-state index contributed by atoms with van der Waals surface area (Å²) in [6.07, 6.45) is 5.17. The molecule has 0 amide bonds. The van der Waals surface area contributed by atoms with Gasteiger partial charge < -0.3 is 9.73 Å². The van der Waals surface area contributed by atoms with Crippen LogP contribution in [0.3, 0.4) is 0 Å². The van der Waals surface area contributed by atoms with Gasteiger partial charge in [0.15, 0.2) is 0 Å². The molecule has 0 atom stereocenters. The average molecular weight is 201 g/mol. The van der Waals surface area contributed by atoms with E-state index in [9.17, 15) is 0 Å². The molecule has 2 nitrogen and oxygen atoms in total. The molecule has 0 spiro atoms. The number of hydrogen-bond donors (Lipinski definition) is 1. The Morgan fingerprint density at radius 1 is 1.33 bits per heavy atom. The summed E-state index contributed by atoms with van der Waals surface area (Å²) in [5, 5.41) is 4.26. The minimum Gasteiger partial charge on any atom is -0.457 e. The molecule has 78 valence electrons. The smallest absolute Gasteiger partial charge is 0.134 e. The van der Waals surface area contributed by atoms with Crippen molar-refractivity contribution in [1.29, 1.82) is 0 Å². The Balaban J connectivity index is 2.12. The molecule has 1 heterocycles. The molecule has 0 aliphatic heterocycles. The van der Waals surface area contributed by atoms with E-state index in [1.165, 1.54) is 0 Å². The van der Waals surface area contributed by atoms with Gasteiger partial charge in [-0.3, -0.25) is 0 Å². The maximum absolute atomic E-state index is 5.64. The predicted octanol–water partition coefficient (Wildman–Crippen LogP) is 3.06. The van der Waals surface area contributed by atoms with Crippen molar-refractivity contribution in [2.75, 3.05) is 13.6 Å². The largest absolute Gasteiger partial charge is 0.457 e. The average Bonchev–Trinajstić information content (AvgIpc) is 2.67. The van der Waals surface area contributed by atoms with Crippen molar-refractivity contribution in [3.8, 4) is 0 Å². The third-order valence-corrected chi connectivity index (χ3v) is 2.29. The van der Waals surface area contributed by atoms with Gasteiger partial charge in [0.1, 0.15) is 11.3 Å². The lowest BCUT2D eigenvalue weighted by atomic mass is 10.2. The molecule has 0 bridgehead atoms. The molecule has 1 aromatic carbocycles. The second kappa shape index (κ2) is 4.80. The summed E-state index contributed by atoms with van der Waals surface area (Å²) in [5.74, 6) is 0.923. The molecular formula is C13H15NO. The minimum absolute atomic E-state index is 0.923. The Hall–Kier alpha value is -1.54. The number of furan rings is 1. The van der Waals surface area contributed by atoms with E-state index >= 15 is 0 Å².